The second kappa shape index (κ2) is 5.99. The Morgan fingerprint density at radius 3 is 2.83 bits per heavy atom. The number of nitrogens with zero attached hydrogens (tertiary/aromatic N) is 1. The van der Waals surface area contributed by atoms with Gasteiger partial charge >= 0.3 is 0 Å². The molecule has 1 N–H and O–H groups in total. The third-order valence-corrected chi connectivity index (χ3v) is 5.17. The van der Waals surface area contributed by atoms with E-state index in [1.54, 1.807) is 7.11 Å². The number of allylic oxidation sites excluding steroid dienone is 2. The van der Waals surface area contributed by atoms with Crippen molar-refractivity contribution in [3.8, 4) is 5.75 Å². The van der Waals surface area contributed by atoms with Crippen LogP contribution in [0, 0.1) is 17.7 Å². The van der Waals surface area contributed by atoms with Crippen molar-refractivity contribution >= 4 is 5.71 Å². The van der Waals surface area contributed by atoms with Crippen molar-refractivity contribution in [2.75, 3.05) is 7.11 Å². The van der Waals surface area contributed by atoms with E-state index in [0.29, 0.717) is 18.1 Å². The zero-order valence-corrected chi connectivity index (χ0v) is 14.0. The Kier molecular flexibility index (Phi) is 4.17. The molecule has 0 heterocycles. The van der Waals surface area contributed by atoms with E-state index in [2.05, 4.69) is 31.2 Å². The molecule has 23 heavy (non-hydrogen) atoms. The van der Waals surface area contributed by atoms with Crippen LogP contribution in [0.5, 0.6) is 5.75 Å². The molecular weight excluding hydrogens is 293 g/mol. The molecule has 0 spiro atoms. The van der Waals surface area contributed by atoms with Gasteiger partial charge in [0.05, 0.1) is 12.8 Å². The zero-order valence-electron chi connectivity index (χ0n) is 14.0. The summed E-state index contributed by atoms with van der Waals surface area (Å²) in [6.45, 7) is 4.30. The minimum atomic E-state index is -0.441. The first kappa shape index (κ1) is 16.0. The summed E-state index contributed by atoms with van der Waals surface area (Å²) >= 11 is 0. The molecule has 2 atom stereocenters. The Morgan fingerprint density at radius 2 is 2.17 bits per heavy atom. The van der Waals surface area contributed by atoms with Gasteiger partial charge in [0.15, 0.2) is 0 Å². The molecule has 4 heteroatoms. The number of halogens is 1. The van der Waals surface area contributed by atoms with Gasteiger partial charge in [-0.05, 0) is 48.8 Å². The SMILES string of the molecule is COc1cc(F)c2c(c1)C1(CC(C)C)CC=CCC(C2)/C1=N/O. The molecule has 1 aromatic rings. The van der Waals surface area contributed by atoms with Crippen LogP contribution in [0.1, 0.15) is 44.2 Å². The monoisotopic (exact) mass is 317 g/mol. The fraction of sp³-hybridized carbons (Fsp3) is 0.526. The van der Waals surface area contributed by atoms with Gasteiger partial charge in [-0.25, -0.2) is 4.39 Å². The lowest BCUT2D eigenvalue weighted by atomic mass is 9.60. The fourth-order valence-corrected chi connectivity index (χ4v) is 4.36. The van der Waals surface area contributed by atoms with Crippen LogP contribution in [0.2, 0.25) is 0 Å². The van der Waals surface area contributed by atoms with Gasteiger partial charge < -0.3 is 9.94 Å². The molecule has 0 saturated carbocycles. The van der Waals surface area contributed by atoms with E-state index in [9.17, 15) is 9.60 Å². The maximum Gasteiger partial charge on any atom is 0.130 e. The van der Waals surface area contributed by atoms with E-state index in [1.165, 1.54) is 6.07 Å². The van der Waals surface area contributed by atoms with Crippen molar-refractivity contribution in [3.05, 3.63) is 41.2 Å². The number of methoxy groups -OCH3 is 1. The topological polar surface area (TPSA) is 41.8 Å². The zero-order chi connectivity index (χ0) is 16.6. The highest BCUT2D eigenvalue weighted by Crippen LogP contribution is 2.49. The molecule has 0 fully saturated rings. The minimum absolute atomic E-state index is 0.0629. The summed E-state index contributed by atoms with van der Waals surface area (Å²) < 4.78 is 20.0. The van der Waals surface area contributed by atoms with Gasteiger partial charge in [-0.1, -0.05) is 31.2 Å². The van der Waals surface area contributed by atoms with Crippen molar-refractivity contribution in [2.45, 2.75) is 44.9 Å². The lowest BCUT2D eigenvalue weighted by Crippen LogP contribution is -2.45. The summed E-state index contributed by atoms with van der Waals surface area (Å²) in [5.74, 6) is 0.775. The molecule has 0 aliphatic heterocycles. The first-order chi connectivity index (χ1) is 11.0. The number of benzene rings is 1. The molecule has 0 amide bonds. The normalized spacial score (nSPS) is 27.9. The third kappa shape index (κ3) is 2.54. The first-order valence-corrected chi connectivity index (χ1v) is 8.26. The second-order valence-corrected chi connectivity index (χ2v) is 7.11. The van der Waals surface area contributed by atoms with Crippen LogP contribution in [0.25, 0.3) is 0 Å². The van der Waals surface area contributed by atoms with Gasteiger partial charge in [0.2, 0.25) is 0 Å². The first-order valence-electron chi connectivity index (χ1n) is 8.26. The van der Waals surface area contributed by atoms with Crippen molar-refractivity contribution in [1.29, 1.82) is 0 Å². The number of ether oxygens (including phenoxy) is 1. The Hall–Kier alpha value is -1.84. The largest absolute Gasteiger partial charge is 0.497 e. The van der Waals surface area contributed by atoms with Crippen LogP contribution >= 0.6 is 0 Å². The average Bonchev–Trinajstić information content (AvgIpc) is 2.63. The maximum absolute atomic E-state index is 14.7. The molecule has 2 aliphatic rings. The smallest absolute Gasteiger partial charge is 0.130 e. The third-order valence-electron chi connectivity index (χ3n) is 5.17. The number of oxime groups is 1. The Balaban J connectivity index is 2.29. The summed E-state index contributed by atoms with van der Waals surface area (Å²) in [5, 5.41) is 13.5. The van der Waals surface area contributed by atoms with E-state index in [-0.39, 0.29) is 11.7 Å². The fourth-order valence-electron chi connectivity index (χ4n) is 4.36. The summed E-state index contributed by atoms with van der Waals surface area (Å²) in [7, 11) is 1.55. The van der Waals surface area contributed by atoms with E-state index in [0.717, 1.165) is 36.1 Å². The van der Waals surface area contributed by atoms with Crippen LogP contribution in [0.4, 0.5) is 4.39 Å². The van der Waals surface area contributed by atoms with Gasteiger partial charge in [0.25, 0.3) is 0 Å². The van der Waals surface area contributed by atoms with Crippen molar-refractivity contribution < 1.29 is 14.3 Å². The highest BCUT2D eigenvalue weighted by Gasteiger charge is 2.47. The van der Waals surface area contributed by atoms with Crippen LogP contribution in [0.15, 0.2) is 29.4 Å². The van der Waals surface area contributed by atoms with Crippen LogP contribution in [0.3, 0.4) is 0 Å². The standard InChI is InChI=1S/C19H24FNO2/c1-12(2)11-19-7-5-4-6-13(18(19)21-22)8-15-16(19)9-14(23-3)10-17(15)20/h4-5,9-10,12-13,22H,6-8,11H2,1-3H3/b21-18-. The molecule has 0 radical (unpaired) electrons. The Morgan fingerprint density at radius 1 is 1.39 bits per heavy atom. The predicted octanol–water partition coefficient (Wildman–Crippen LogP) is 4.47. The highest BCUT2D eigenvalue weighted by atomic mass is 19.1. The van der Waals surface area contributed by atoms with Crippen molar-refractivity contribution in [1.82, 2.24) is 0 Å². The molecule has 0 aromatic heterocycles. The molecule has 1 aromatic carbocycles. The molecule has 124 valence electrons. The number of hydrogen-bond donors (Lipinski definition) is 1. The van der Waals surface area contributed by atoms with E-state index >= 15 is 0 Å². The van der Waals surface area contributed by atoms with Crippen molar-refractivity contribution in [2.24, 2.45) is 17.0 Å². The van der Waals surface area contributed by atoms with Gasteiger partial charge in [-0.2, -0.15) is 0 Å². The summed E-state index contributed by atoms with van der Waals surface area (Å²) in [4.78, 5) is 0. The lowest BCUT2D eigenvalue weighted by molar-refractivity contribution is 0.296. The van der Waals surface area contributed by atoms with Crippen LogP contribution in [-0.2, 0) is 11.8 Å². The Bertz CT molecular complexity index is 666. The van der Waals surface area contributed by atoms with E-state index < -0.39 is 5.41 Å². The van der Waals surface area contributed by atoms with Crippen LogP contribution < -0.4 is 4.74 Å². The van der Waals surface area contributed by atoms with Gasteiger partial charge in [-0.15, -0.1) is 0 Å². The Labute approximate surface area is 136 Å². The van der Waals surface area contributed by atoms with Gasteiger partial charge in [0.1, 0.15) is 11.6 Å². The molecule has 0 saturated heterocycles. The van der Waals surface area contributed by atoms with Crippen LogP contribution in [-0.4, -0.2) is 18.0 Å². The minimum Gasteiger partial charge on any atom is -0.497 e. The molecule has 2 bridgehead atoms. The highest BCUT2D eigenvalue weighted by molar-refractivity contribution is 5.99. The molecule has 3 rings (SSSR count). The van der Waals surface area contributed by atoms with E-state index in [1.807, 2.05) is 6.07 Å². The maximum atomic E-state index is 14.7. The second-order valence-electron chi connectivity index (χ2n) is 7.11. The number of fused-ring (bicyclic) bond motifs is 4. The average molecular weight is 317 g/mol. The number of rotatable bonds is 3. The summed E-state index contributed by atoms with van der Waals surface area (Å²) in [6.07, 6.45) is 7.23. The van der Waals surface area contributed by atoms with Crippen molar-refractivity contribution in [3.63, 3.8) is 0 Å². The number of hydrogen-bond acceptors (Lipinski definition) is 3. The van der Waals surface area contributed by atoms with Gasteiger partial charge in [-0.3, -0.25) is 0 Å². The lowest BCUT2D eigenvalue weighted by Gasteiger charge is -2.43. The summed E-state index contributed by atoms with van der Waals surface area (Å²) in [6, 6.07) is 3.39. The van der Waals surface area contributed by atoms with E-state index in [4.69, 9.17) is 4.74 Å². The molecule has 3 nitrogen and oxygen atoms in total. The quantitative estimate of drug-likeness (QED) is 0.508. The molecule has 2 unspecified atom stereocenters. The molecular formula is C19H24FNO2. The summed E-state index contributed by atoms with van der Waals surface area (Å²) in [5.41, 5.74) is 2.05. The molecule has 2 aliphatic carbocycles. The predicted molar refractivity (Wildman–Crippen MR) is 88.9 cm³/mol. The van der Waals surface area contributed by atoms with Gasteiger partial charge in [0, 0.05) is 17.4 Å².